The van der Waals surface area contributed by atoms with E-state index in [1.807, 2.05) is 83.8 Å². The molecule has 1 unspecified atom stereocenters. The Bertz CT molecular complexity index is 2670. The molecule has 0 aromatic heterocycles. The molecule has 2 N–H and O–H groups in total. The lowest BCUT2D eigenvalue weighted by molar-refractivity contribution is -0.178. The van der Waals surface area contributed by atoms with Crippen LogP contribution in [0.1, 0.15) is 80.3 Å². The predicted molar refractivity (Wildman–Crippen MR) is 247 cm³/mol. The van der Waals surface area contributed by atoms with Gasteiger partial charge in [-0.1, -0.05) is 135 Å². The van der Waals surface area contributed by atoms with Crippen molar-refractivity contribution < 1.29 is 29.3 Å². The van der Waals surface area contributed by atoms with E-state index >= 15 is 4.79 Å². The Morgan fingerprint density at radius 3 is 2.25 bits per heavy atom. The van der Waals surface area contributed by atoms with Crippen LogP contribution in [0.15, 0.2) is 139 Å². The molecule has 6 aliphatic carbocycles. The summed E-state index contributed by atoms with van der Waals surface area (Å²) >= 11 is 0. The summed E-state index contributed by atoms with van der Waals surface area (Å²) in [5.74, 6) is 1.20. The van der Waals surface area contributed by atoms with Crippen molar-refractivity contribution in [2.75, 3.05) is 20.8 Å². The Morgan fingerprint density at radius 1 is 0.746 bits per heavy atom. The van der Waals surface area contributed by atoms with E-state index in [1.54, 1.807) is 14.2 Å². The van der Waals surface area contributed by atoms with Crippen LogP contribution in [0.4, 0.5) is 0 Å². The minimum Gasteiger partial charge on any atom is -0.493 e. The van der Waals surface area contributed by atoms with Crippen molar-refractivity contribution in [3.05, 3.63) is 156 Å². The largest absolute Gasteiger partial charge is 0.493 e. The number of benzene rings is 5. The summed E-state index contributed by atoms with van der Waals surface area (Å²) < 4.78 is 11.1. The van der Waals surface area contributed by atoms with Crippen molar-refractivity contribution in [2.45, 2.75) is 83.5 Å². The molecule has 5 aromatic carbocycles. The summed E-state index contributed by atoms with van der Waals surface area (Å²) in [6.45, 7) is 5.17. The van der Waals surface area contributed by atoms with E-state index in [-0.39, 0.29) is 41.9 Å². The van der Waals surface area contributed by atoms with Gasteiger partial charge in [0.1, 0.15) is 0 Å². The maximum Gasteiger partial charge on any atom is 0.227 e. The number of aliphatic hydroxyl groups excluding tert-OH is 1. The molecule has 0 radical (unpaired) electrons. The summed E-state index contributed by atoms with van der Waals surface area (Å²) in [7, 11) is 3.20. The van der Waals surface area contributed by atoms with Gasteiger partial charge in [0, 0.05) is 33.9 Å². The number of fused-ring (bicyclic) bond motifs is 2. The number of allylic oxidation sites excluding steroid dienone is 4. The molecule has 63 heavy (non-hydrogen) atoms. The molecule has 5 aromatic rings. The van der Waals surface area contributed by atoms with E-state index in [9.17, 15) is 15.0 Å². The molecular weight excluding hydrogens is 783 g/mol. The van der Waals surface area contributed by atoms with Crippen LogP contribution in [-0.4, -0.2) is 59.3 Å². The topological polar surface area (TPSA) is 96.3 Å². The third-order valence-electron chi connectivity index (χ3n) is 17.1. The van der Waals surface area contributed by atoms with Gasteiger partial charge in [0.15, 0.2) is 17.3 Å². The molecule has 8 atom stereocenters. The third kappa shape index (κ3) is 6.28. The minimum absolute atomic E-state index is 0.0349. The molecule has 0 aliphatic heterocycles. The average Bonchev–Trinajstić information content (AvgIpc) is 3.58. The molecule has 6 aliphatic rings. The van der Waals surface area contributed by atoms with Crippen molar-refractivity contribution in [1.82, 2.24) is 4.90 Å². The van der Waals surface area contributed by atoms with Gasteiger partial charge in [-0.2, -0.15) is 0 Å². The quantitative estimate of drug-likeness (QED) is 0.102. The number of hydrogen-bond donors (Lipinski definition) is 2. The van der Waals surface area contributed by atoms with Gasteiger partial charge in [-0.3, -0.25) is 9.59 Å². The van der Waals surface area contributed by atoms with Crippen molar-refractivity contribution in [3.63, 3.8) is 0 Å². The van der Waals surface area contributed by atoms with Crippen LogP contribution in [0.2, 0.25) is 0 Å². The first-order valence-corrected chi connectivity index (χ1v) is 22.9. The monoisotopic (exact) mass is 841 g/mol. The van der Waals surface area contributed by atoms with Crippen LogP contribution < -0.4 is 9.47 Å². The van der Waals surface area contributed by atoms with Crippen LogP contribution in [0.3, 0.4) is 0 Å². The number of aliphatic hydroxyl groups is 2. The number of ketones is 1. The maximum absolute atomic E-state index is 15.7. The summed E-state index contributed by atoms with van der Waals surface area (Å²) in [5.41, 5.74) is 2.11. The van der Waals surface area contributed by atoms with Gasteiger partial charge in [-0.15, -0.1) is 0 Å². The third-order valence-corrected chi connectivity index (χ3v) is 17.1. The maximum atomic E-state index is 15.7. The summed E-state index contributed by atoms with van der Waals surface area (Å²) in [6.07, 6.45) is 11.8. The summed E-state index contributed by atoms with van der Waals surface area (Å²) in [5, 5.41) is 27.0. The van der Waals surface area contributed by atoms with E-state index < -0.39 is 27.9 Å². The Hall–Kier alpha value is -5.50. The highest BCUT2D eigenvalue weighted by Crippen LogP contribution is 2.78. The fourth-order valence-corrected chi connectivity index (χ4v) is 13.8. The number of rotatable bonds is 11. The Kier molecular flexibility index (Phi) is 10.1. The number of ether oxygens (including phenoxy) is 2. The molecule has 2 bridgehead atoms. The van der Waals surface area contributed by atoms with Crippen molar-refractivity contribution >= 4 is 22.5 Å². The fourth-order valence-electron chi connectivity index (χ4n) is 13.8. The normalized spacial score (nSPS) is 31.4. The van der Waals surface area contributed by atoms with Gasteiger partial charge in [-0.05, 0) is 107 Å². The average molecular weight is 842 g/mol. The van der Waals surface area contributed by atoms with Crippen molar-refractivity contribution in [3.8, 4) is 22.6 Å². The molecule has 2 spiro atoms. The zero-order chi connectivity index (χ0) is 43.8. The van der Waals surface area contributed by atoms with Crippen LogP contribution >= 0.6 is 0 Å². The standard InChI is InChI=1S/C56H59NO6/c1-52-26-23-41(58)33-54(52)29-30-56(45(34-54)51(60)44-20-11-10-19-43(44)39-13-6-5-7-14-39)48(52)24-27-53(2)49(56)25-28-55(53,61)36-57(35-40-17-12-16-38-15-8-9-18-42(38)40)50(59)32-37-21-22-46(62-3)47(31-37)63-4/h5-22,29-31,34,41,48-49,58,61H,23-28,32-33,35-36H2,1-4H3/t41?,48-,49-,52-,53+,54+,55-,56-/m1/s1. The van der Waals surface area contributed by atoms with E-state index in [2.05, 4.69) is 68.5 Å². The second-order valence-corrected chi connectivity index (χ2v) is 19.8. The second-order valence-electron chi connectivity index (χ2n) is 19.8. The molecule has 1 amide bonds. The first kappa shape index (κ1) is 41.5. The number of Topliss-reactive ketones (excluding diaryl/α,β-unsaturated/α-hetero) is 1. The fraction of sp³-hybridized carbons (Fsp3) is 0.393. The molecule has 3 fully saturated rings. The van der Waals surface area contributed by atoms with Crippen LogP contribution in [0.25, 0.3) is 21.9 Å². The zero-order valence-corrected chi connectivity index (χ0v) is 37.0. The molecule has 11 rings (SSSR count). The molecule has 3 saturated carbocycles. The van der Waals surface area contributed by atoms with Gasteiger partial charge in [0.05, 0.1) is 38.9 Å². The molecule has 0 saturated heterocycles. The lowest BCUT2D eigenvalue weighted by Gasteiger charge is -2.71. The molecule has 0 heterocycles. The lowest BCUT2D eigenvalue weighted by atomic mass is 9.32. The number of carbonyl (C=O) groups is 2. The highest BCUT2D eigenvalue weighted by Gasteiger charge is 2.74. The number of nitrogens with zero attached hydrogens (tertiary/aromatic N) is 1. The SMILES string of the molecule is COc1ccc(CC(=O)N(Cc2cccc3ccccc23)C[C@]2(O)CC[C@H]3[C@]45C=C[C@@]6(C=C4C(=O)c4ccccc4-c4ccccc4)CC(O)CC[C@]6(C)[C@H]5CC[C@@]32C)cc1OC. The Morgan fingerprint density at radius 2 is 1.44 bits per heavy atom. The van der Waals surface area contributed by atoms with E-state index in [0.717, 1.165) is 70.7 Å². The Balaban J connectivity index is 1.06. The number of amides is 1. The number of methoxy groups -OCH3 is 2. The summed E-state index contributed by atoms with van der Waals surface area (Å²) in [6, 6.07) is 38.2. The molecule has 7 heteroatoms. The smallest absolute Gasteiger partial charge is 0.227 e. The van der Waals surface area contributed by atoms with Crippen LogP contribution in [0, 0.1) is 33.5 Å². The summed E-state index contributed by atoms with van der Waals surface area (Å²) in [4.78, 5) is 32.5. The van der Waals surface area contributed by atoms with Crippen molar-refractivity contribution in [1.29, 1.82) is 0 Å². The second kappa shape index (κ2) is 15.3. The van der Waals surface area contributed by atoms with Crippen LogP contribution in [-0.2, 0) is 17.8 Å². The zero-order valence-electron chi connectivity index (χ0n) is 37.0. The number of carbonyl (C=O) groups excluding carboxylic acids is 2. The van der Waals surface area contributed by atoms with Crippen LogP contribution in [0.5, 0.6) is 11.5 Å². The van der Waals surface area contributed by atoms with Gasteiger partial charge in [-0.25, -0.2) is 0 Å². The van der Waals surface area contributed by atoms with Crippen molar-refractivity contribution in [2.24, 2.45) is 33.5 Å². The van der Waals surface area contributed by atoms with E-state index in [1.165, 1.54) is 0 Å². The van der Waals surface area contributed by atoms with Gasteiger partial charge >= 0.3 is 0 Å². The molecular formula is C56H59NO6. The number of hydrogen-bond acceptors (Lipinski definition) is 6. The Labute approximate surface area is 371 Å². The highest BCUT2D eigenvalue weighted by molar-refractivity contribution is 6.14. The van der Waals surface area contributed by atoms with Gasteiger partial charge < -0.3 is 24.6 Å². The first-order chi connectivity index (χ1) is 30.4. The lowest BCUT2D eigenvalue weighted by Crippen LogP contribution is -2.67. The van der Waals surface area contributed by atoms with Gasteiger partial charge in [0.2, 0.25) is 5.91 Å². The first-order valence-electron chi connectivity index (χ1n) is 22.9. The molecule has 324 valence electrons. The van der Waals surface area contributed by atoms with E-state index in [0.29, 0.717) is 36.4 Å². The van der Waals surface area contributed by atoms with Gasteiger partial charge in [0.25, 0.3) is 0 Å². The minimum atomic E-state index is -1.24. The predicted octanol–water partition coefficient (Wildman–Crippen LogP) is 10.6. The van der Waals surface area contributed by atoms with E-state index in [4.69, 9.17) is 9.47 Å². The molecule has 7 nitrogen and oxygen atoms in total. The highest BCUT2D eigenvalue weighted by atomic mass is 16.5.